The number of carbonyl (C=O) groups excluding carboxylic acids is 2. The van der Waals surface area contributed by atoms with E-state index in [2.05, 4.69) is 10.6 Å². The predicted molar refractivity (Wildman–Crippen MR) is 87.0 cm³/mol. The van der Waals surface area contributed by atoms with E-state index in [1.165, 1.54) is 4.90 Å². The summed E-state index contributed by atoms with van der Waals surface area (Å²) in [6, 6.07) is 9.64. The molecular weight excluding hydrogens is 302 g/mol. The van der Waals surface area contributed by atoms with Gasteiger partial charge in [0.25, 0.3) is 5.91 Å². The van der Waals surface area contributed by atoms with Crippen LogP contribution < -0.4 is 10.6 Å². The first-order valence-corrected chi connectivity index (χ1v) is 7.48. The molecule has 0 spiro atoms. The summed E-state index contributed by atoms with van der Waals surface area (Å²) >= 11 is 0. The van der Waals surface area contributed by atoms with Crippen molar-refractivity contribution in [2.24, 2.45) is 5.92 Å². The van der Waals surface area contributed by atoms with Crippen LogP contribution in [0.5, 0.6) is 0 Å². The molecule has 0 aromatic heterocycles. The van der Waals surface area contributed by atoms with Crippen molar-refractivity contribution in [3.63, 3.8) is 0 Å². The average molecular weight is 324 g/mol. The van der Waals surface area contributed by atoms with Crippen LogP contribution in [-0.2, 0) is 11.2 Å². The molecule has 2 aliphatic heterocycles. The van der Waals surface area contributed by atoms with E-state index < -0.39 is 5.54 Å². The number of hydrogen-bond acceptors (Lipinski definition) is 3. The number of likely N-dealkylation sites (N-methyl/N-ethyl adjacent to an activating group) is 1. The van der Waals surface area contributed by atoms with E-state index in [1.807, 2.05) is 30.3 Å². The van der Waals surface area contributed by atoms with Crippen LogP contribution in [0.1, 0.15) is 18.4 Å². The van der Waals surface area contributed by atoms with E-state index in [4.69, 9.17) is 0 Å². The lowest BCUT2D eigenvalue weighted by atomic mass is 9.74. The first-order valence-electron chi connectivity index (χ1n) is 7.48. The summed E-state index contributed by atoms with van der Waals surface area (Å²) in [6.07, 6.45) is 2.38. The number of nitrogens with zero attached hydrogens (tertiary/aromatic N) is 1. The Bertz CT molecular complexity index is 546. The second kappa shape index (κ2) is 6.67. The maximum absolute atomic E-state index is 12.8. The van der Waals surface area contributed by atoms with Crippen LogP contribution in [-0.4, -0.2) is 42.5 Å². The first kappa shape index (κ1) is 16.8. The summed E-state index contributed by atoms with van der Waals surface area (Å²) in [5.41, 5.74) is 0.301. The standard InChI is InChI=1S/C16H21N3O2.ClH/c1-19-14(20)16(18-15(19)21,13-7-9-17-10-8-13)11-12-5-3-2-4-6-12;/h2-6,13,17H,7-11H2,1H3,(H,18,21);1H. The van der Waals surface area contributed by atoms with Crippen LogP contribution in [0.15, 0.2) is 30.3 Å². The number of amides is 3. The van der Waals surface area contributed by atoms with Crippen molar-refractivity contribution in [2.45, 2.75) is 24.8 Å². The molecule has 22 heavy (non-hydrogen) atoms. The minimum absolute atomic E-state index is 0. The number of urea groups is 1. The van der Waals surface area contributed by atoms with Crippen molar-refractivity contribution in [3.05, 3.63) is 35.9 Å². The van der Waals surface area contributed by atoms with Gasteiger partial charge in [0.2, 0.25) is 0 Å². The summed E-state index contributed by atoms with van der Waals surface area (Å²) < 4.78 is 0. The monoisotopic (exact) mass is 323 g/mol. The molecule has 1 aromatic rings. The van der Waals surface area contributed by atoms with Crippen molar-refractivity contribution in [3.8, 4) is 0 Å². The maximum Gasteiger partial charge on any atom is 0.324 e. The molecule has 0 aliphatic carbocycles. The van der Waals surface area contributed by atoms with Crippen molar-refractivity contribution in [1.29, 1.82) is 0 Å². The molecule has 2 heterocycles. The molecular formula is C16H22ClN3O2. The Kier molecular flexibility index (Phi) is 5.08. The number of carbonyl (C=O) groups is 2. The second-order valence-electron chi connectivity index (χ2n) is 5.95. The fraction of sp³-hybridized carbons (Fsp3) is 0.500. The number of hydrogen-bond donors (Lipinski definition) is 2. The zero-order chi connectivity index (χ0) is 14.9. The van der Waals surface area contributed by atoms with Crippen LogP contribution in [0, 0.1) is 5.92 Å². The van der Waals surface area contributed by atoms with Gasteiger partial charge in [-0.2, -0.15) is 0 Å². The number of nitrogens with one attached hydrogen (secondary N) is 2. The molecule has 0 radical (unpaired) electrons. The smallest absolute Gasteiger partial charge is 0.322 e. The van der Waals surface area contributed by atoms with Crippen molar-refractivity contribution in [2.75, 3.05) is 20.1 Å². The number of benzene rings is 1. The molecule has 1 atom stereocenters. The quantitative estimate of drug-likeness (QED) is 0.830. The van der Waals surface area contributed by atoms with Gasteiger partial charge < -0.3 is 10.6 Å². The molecule has 5 nitrogen and oxygen atoms in total. The number of rotatable bonds is 3. The molecule has 1 aromatic carbocycles. The van der Waals surface area contributed by atoms with Crippen molar-refractivity contribution in [1.82, 2.24) is 15.5 Å². The molecule has 2 saturated heterocycles. The average Bonchev–Trinajstić information content (AvgIpc) is 2.74. The summed E-state index contributed by atoms with van der Waals surface area (Å²) in [7, 11) is 1.56. The minimum Gasteiger partial charge on any atom is -0.322 e. The first-order chi connectivity index (χ1) is 10.1. The predicted octanol–water partition coefficient (Wildman–Crippen LogP) is 1.57. The third kappa shape index (κ3) is 2.83. The fourth-order valence-electron chi connectivity index (χ4n) is 3.49. The lowest BCUT2D eigenvalue weighted by Crippen LogP contribution is -2.57. The third-order valence-electron chi connectivity index (χ3n) is 4.68. The van der Waals surface area contributed by atoms with Gasteiger partial charge in [-0.25, -0.2) is 4.79 Å². The van der Waals surface area contributed by atoms with E-state index in [0.29, 0.717) is 6.42 Å². The molecule has 2 fully saturated rings. The normalized spacial score (nSPS) is 25.8. The second-order valence-corrected chi connectivity index (χ2v) is 5.95. The molecule has 2 N–H and O–H groups in total. The van der Waals surface area contributed by atoms with Crippen LogP contribution in [0.25, 0.3) is 0 Å². The Morgan fingerprint density at radius 3 is 2.36 bits per heavy atom. The van der Waals surface area contributed by atoms with Gasteiger partial charge in [0, 0.05) is 13.5 Å². The number of piperidine rings is 1. The molecule has 0 bridgehead atoms. The largest absolute Gasteiger partial charge is 0.324 e. The van der Waals surface area contributed by atoms with Gasteiger partial charge in [-0.1, -0.05) is 30.3 Å². The van der Waals surface area contributed by atoms with E-state index >= 15 is 0 Å². The number of imide groups is 1. The van der Waals surface area contributed by atoms with Crippen molar-refractivity contribution >= 4 is 24.3 Å². The maximum atomic E-state index is 12.8. The van der Waals surface area contributed by atoms with Gasteiger partial charge in [0.05, 0.1) is 0 Å². The van der Waals surface area contributed by atoms with Gasteiger partial charge in [-0.3, -0.25) is 9.69 Å². The highest BCUT2D eigenvalue weighted by atomic mass is 35.5. The van der Waals surface area contributed by atoms with Crippen LogP contribution in [0.2, 0.25) is 0 Å². The zero-order valence-corrected chi connectivity index (χ0v) is 13.5. The summed E-state index contributed by atoms with van der Waals surface area (Å²) in [6.45, 7) is 1.79. The molecule has 2 aliphatic rings. The van der Waals surface area contributed by atoms with E-state index in [9.17, 15) is 9.59 Å². The summed E-state index contributed by atoms with van der Waals surface area (Å²) in [4.78, 5) is 26.0. The Hall–Kier alpha value is -1.59. The molecule has 120 valence electrons. The van der Waals surface area contributed by atoms with Crippen LogP contribution >= 0.6 is 12.4 Å². The van der Waals surface area contributed by atoms with Gasteiger partial charge in [-0.15, -0.1) is 12.4 Å². The fourth-order valence-corrected chi connectivity index (χ4v) is 3.49. The Morgan fingerprint density at radius 2 is 1.82 bits per heavy atom. The van der Waals surface area contributed by atoms with Gasteiger partial charge in [-0.05, 0) is 37.4 Å². The van der Waals surface area contributed by atoms with Gasteiger partial charge in [0.15, 0.2) is 0 Å². The highest BCUT2D eigenvalue weighted by Gasteiger charge is 2.54. The molecule has 1 unspecified atom stereocenters. The van der Waals surface area contributed by atoms with E-state index in [0.717, 1.165) is 31.5 Å². The minimum atomic E-state index is -0.782. The Morgan fingerprint density at radius 1 is 1.18 bits per heavy atom. The van der Waals surface area contributed by atoms with E-state index in [1.54, 1.807) is 7.05 Å². The van der Waals surface area contributed by atoms with Gasteiger partial charge >= 0.3 is 6.03 Å². The van der Waals surface area contributed by atoms with E-state index in [-0.39, 0.29) is 30.3 Å². The molecule has 0 saturated carbocycles. The van der Waals surface area contributed by atoms with Crippen LogP contribution in [0.3, 0.4) is 0 Å². The van der Waals surface area contributed by atoms with Gasteiger partial charge in [0.1, 0.15) is 5.54 Å². The lowest BCUT2D eigenvalue weighted by molar-refractivity contribution is -0.132. The topological polar surface area (TPSA) is 61.4 Å². The highest BCUT2D eigenvalue weighted by Crippen LogP contribution is 2.34. The summed E-state index contributed by atoms with van der Waals surface area (Å²) in [5, 5.41) is 6.31. The lowest BCUT2D eigenvalue weighted by Gasteiger charge is -2.37. The van der Waals surface area contributed by atoms with Crippen LogP contribution in [0.4, 0.5) is 4.79 Å². The summed E-state index contributed by atoms with van der Waals surface area (Å²) in [5.74, 6) is 0.0867. The zero-order valence-electron chi connectivity index (χ0n) is 12.7. The third-order valence-corrected chi connectivity index (χ3v) is 4.68. The van der Waals surface area contributed by atoms with Crippen molar-refractivity contribution < 1.29 is 9.59 Å². The SMILES string of the molecule is CN1C(=O)NC(Cc2ccccc2)(C2CCNCC2)C1=O.Cl. The Balaban J connectivity index is 0.00000176. The number of halogens is 1. The Labute approximate surface area is 136 Å². The molecule has 3 amide bonds. The molecule has 6 heteroatoms. The molecule has 3 rings (SSSR count). The highest BCUT2D eigenvalue weighted by molar-refractivity contribution is 6.07.